The molecule has 0 unspecified atom stereocenters. The molecule has 5 rings (SSSR count). The van der Waals surface area contributed by atoms with Crippen LogP contribution in [0.1, 0.15) is 56.0 Å². The van der Waals surface area contributed by atoms with Crippen LogP contribution >= 0.6 is 11.6 Å². The Morgan fingerprint density at radius 3 is 2.63 bits per heavy atom. The first kappa shape index (κ1) is 24.4. The molecule has 0 spiro atoms. The first-order valence-corrected chi connectivity index (χ1v) is 14.2. The molecule has 0 bridgehead atoms. The van der Waals surface area contributed by atoms with E-state index in [0.717, 1.165) is 61.3 Å². The van der Waals surface area contributed by atoms with E-state index in [1.807, 2.05) is 12.1 Å². The highest BCUT2D eigenvalue weighted by atomic mass is 35.5. The Morgan fingerprint density at radius 2 is 1.91 bits per heavy atom. The van der Waals surface area contributed by atoms with Gasteiger partial charge in [-0.25, -0.2) is 0 Å². The second-order valence-corrected chi connectivity index (χ2v) is 12.2. The molecule has 2 aliphatic heterocycles. The molecule has 1 aromatic heterocycles. The summed E-state index contributed by atoms with van der Waals surface area (Å²) in [5.74, 6) is 1.19. The van der Waals surface area contributed by atoms with Crippen molar-refractivity contribution in [3.8, 4) is 5.69 Å². The van der Waals surface area contributed by atoms with Crippen molar-refractivity contribution in [1.29, 1.82) is 0 Å². The zero-order valence-electron chi connectivity index (χ0n) is 20.3. The molecule has 0 amide bonds. The number of nitrogens with zero attached hydrogens (tertiary/aromatic N) is 3. The van der Waals surface area contributed by atoms with E-state index in [1.165, 1.54) is 5.56 Å². The topological polar surface area (TPSA) is 81.5 Å². The maximum atomic E-state index is 12.8. The molecule has 3 aromatic rings. The second kappa shape index (κ2) is 9.00. The van der Waals surface area contributed by atoms with Gasteiger partial charge in [0.15, 0.2) is 0 Å². The van der Waals surface area contributed by atoms with Gasteiger partial charge in [0.2, 0.25) is 0 Å². The van der Waals surface area contributed by atoms with Gasteiger partial charge in [-0.1, -0.05) is 29.8 Å². The summed E-state index contributed by atoms with van der Waals surface area (Å²) in [5.41, 5.74) is 3.64. The number of aromatic nitrogens is 2. The number of hydrogen-bond donors (Lipinski definition) is 0. The molecule has 0 saturated carbocycles. The van der Waals surface area contributed by atoms with Gasteiger partial charge in [0.25, 0.3) is 15.7 Å². The van der Waals surface area contributed by atoms with Crippen molar-refractivity contribution in [2.45, 2.75) is 44.4 Å². The molecule has 3 heterocycles. The summed E-state index contributed by atoms with van der Waals surface area (Å²) in [6.07, 6.45) is 3.86. The van der Waals surface area contributed by atoms with E-state index in [4.69, 9.17) is 15.8 Å². The van der Waals surface area contributed by atoms with Crippen LogP contribution in [-0.2, 0) is 19.7 Å². The quantitative estimate of drug-likeness (QED) is 0.361. The fourth-order valence-corrected chi connectivity index (χ4v) is 6.19. The molecular weight excluding hydrogens is 486 g/mol. The second-order valence-electron chi connectivity index (χ2n) is 10.1. The minimum absolute atomic E-state index is 0.229. The summed E-state index contributed by atoms with van der Waals surface area (Å²) in [5, 5.41) is 0.882. The van der Waals surface area contributed by atoms with Gasteiger partial charge >= 0.3 is 0 Å². The predicted octanol–water partition coefficient (Wildman–Crippen LogP) is 4.22. The van der Waals surface area contributed by atoms with Gasteiger partial charge in [0, 0.05) is 6.54 Å². The van der Waals surface area contributed by atoms with Crippen molar-refractivity contribution in [1.82, 2.24) is 14.5 Å². The molecule has 2 aromatic carbocycles. The molecule has 0 N–H and O–H groups in total. The van der Waals surface area contributed by atoms with Gasteiger partial charge in [-0.2, -0.15) is 13.4 Å². The van der Waals surface area contributed by atoms with E-state index in [1.54, 1.807) is 6.07 Å². The van der Waals surface area contributed by atoms with Gasteiger partial charge in [-0.05, 0) is 81.4 Å². The average Bonchev–Trinajstić information content (AvgIpc) is 3.03. The molecule has 7 nitrogen and oxygen atoms in total. The number of likely N-dealkylation sites (tertiary alicyclic amines) is 1. The van der Waals surface area contributed by atoms with Crippen molar-refractivity contribution < 1.29 is 12.6 Å². The molecule has 9 heteroatoms. The van der Waals surface area contributed by atoms with Gasteiger partial charge < -0.3 is 4.90 Å². The smallest absolute Gasteiger partial charge is 0.282 e. The van der Waals surface area contributed by atoms with E-state index >= 15 is 0 Å². The molecule has 0 aliphatic carbocycles. The van der Waals surface area contributed by atoms with Crippen molar-refractivity contribution in [3.63, 3.8) is 0 Å². The van der Waals surface area contributed by atoms with E-state index in [0.29, 0.717) is 22.7 Å². The Labute approximate surface area is 210 Å². The number of fused-ring (bicyclic) bond motifs is 5. The predicted molar refractivity (Wildman–Crippen MR) is 138 cm³/mol. The van der Waals surface area contributed by atoms with Gasteiger partial charge in [-0.3, -0.25) is 13.5 Å². The molecule has 1 saturated heterocycles. The Balaban J connectivity index is 1.39. The minimum atomic E-state index is -3.37. The summed E-state index contributed by atoms with van der Waals surface area (Å²) in [4.78, 5) is 19.7. The van der Waals surface area contributed by atoms with E-state index in [9.17, 15) is 13.2 Å². The van der Waals surface area contributed by atoms with Crippen LogP contribution < -0.4 is 5.56 Å². The van der Waals surface area contributed by atoms with Crippen LogP contribution in [0.5, 0.6) is 0 Å². The maximum absolute atomic E-state index is 12.8. The lowest BCUT2D eigenvalue weighted by Crippen LogP contribution is -2.34. The van der Waals surface area contributed by atoms with Crippen LogP contribution in [0.2, 0.25) is 5.02 Å². The molecule has 2 aliphatic rings. The number of rotatable bonds is 6. The summed E-state index contributed by atoms with van der Waals surface area (Å²) in [6, 6.07) is 12.2. The van der Waals surface area contributed by atoms with Crippen molar-refractivity contribution >= 4 is 32.6 Å². The third kappa shape index (κ3) is 4.53. The van der Waals surface area contributed by atoms with Gasteiger partial charge in [0.1, 0.15) is 5.82 Å². The zero-order valence-corrected chi connectivity index (χ0v) is 21.8. The summed E-state index contributed by atoms with van der Waals surface area (Å²) >= 11 is 6.40. The fraction of sp³-hybridized carbons (Fsp3) is 0.462. The third-order valence-electron chi connectivity index (χ3n) is 7.34. The Morgan fingerprint density at radius 1 is 1.17 bits per heavy atom. The molecule has 0 atom stereocenters. The van der Waals surface area contributed by atoms with Crippen LogP contribution in [0.25, 0.3) is 16.6 Å². The summed E-state index contributed by atoms with van der Waals surface area (Å²) < 4.78 is 29.2. The summed E-state index contributed by atoms with van der Waals surface area (Å²) in [7, 11) is -3.37. The van der Waals surface area contributed by atoms with Crippen LogP contribution in [0.4, 0.5) is 0 Å². The summed E-state index contributed by atoms with van der Waals surface area (Å²) in [6.45, 7) is 7.22. The lowest BCUT2D eigenvalue weighted by atomic mass is 9.83. The van der Waals surface area contributed by atoms with E-state index in [2.05, 4.69) is 46.5 Å². The molecule has 186 valence electrons. The number of benzene rings is 2. The maximum Gasteiger partial charge on any atom is 0.282 e. The van der Waals surface area contributed by atoms with E-state index < -0.39 is 10.1 Å². The van der Waals surface area contributed by atoms with Crippen molar-refractivity contribution in [2.24, 2.45) is 0 Å². The van der Waals surface area contributed by atoms with Crippen LogP contribution in [-0.4, -0.2) is 55.4 Å². The monoisotopic (exact) mass is 515 g/mol. The largest absolute Gasteiger partial charge is 0.303 e. The van der Waals surface area contributed by atoms with Gasteiger partial charge in [0.05, 0.1) is 39.9 Å². The Kier molecular flexibility index (Phi) is 6.28. The van der Waals surface area contributed by atoms with Gasteiger partial charge in [-0.15, -0.1) is 0 Å². The molecular formula is C26H30ClN3O4S. The Bertz CT molecular complexity index is 1460. The number of piperidine rings is 1. The standard InChI is InChI=1S/C26H30ClN3O4S/c1-26(2)19-9-8-18(17-10-13-29(14-11-17)12-5-15-34-35(3,32)33)16-22(19)30-21-7-4-6-20(27)23(21)24(31)28-25(26)30/h4,6-9,16-17H,5,10-15H2,1-3H3. The van der Waals surface area contributed by atoms with E-state index in [-0.39, 0.29) is 17.6 Å². The first-order valence-electron chi connectivity index (χ1n) is 12.0. The molecule has 0 radical (unpaired) electrons. The Hall–Kier alpha value is -2.26. The average molecular weight is 516 g/mol. The molecule has 1 fully saturated rings. The SMILES string of the molecule is CC1(C)c2ccc(C3CCN(CCCOS(C)(=O)=O)CC3)cc2-n2c1nc(=O)c1c(Cl)cccc12. The normalized spacial score (nSPS) is 18.1. The number of halogens is 1. The fourth-order valence-electron chi connectivity index (χ4n) is 5.52. The first-order chi connectivity index (χ1) is 16.6. The zero-order chi connectivity index (χ0) is 25.0. The van der Waals surface area contributed by atoms with Crippen LogP contribution in [0.3, 0.4) is 0 Å². The highest BCUT2D eigenvalue weighted by Crippen LogP contribution is 2.44. The van der Waals surface area contributed by atoms with Crippen LogP contribution in [0.15, 0.2) is 41.2 Å². The van der Waals surface area contributed by atoms with Crippen molar-refractivity contribution in [2.75, 3.05) is 32.5 Å². The third-order valence-corrected chi connectivity index (χ3v) is 8.25. The highest BCUT2D eigenvalue weighted by Gasteiger charge is 2.39. The highest BCUT2D eigenvalue weighted by molar-refractivity contribution is 7.85. The number of hydrogen-bond acceptors (Lipinski definition) is 6. The van der Waals surface area contributed by atoms with Crippen LogP contribution in [0, 0.1) is 0 Å². The minimum Gasteiger partial charge on any atom is -0.303 e. The lowest BCUT2D eigenvalue weighted by molar-refractivity contribution is 0.194. The van der Waals surface area contributed by atoms with Crippen molar-refractivity contribution in [3.05, 3.63) is 68.7 Å². The lowest BCUT2D eigenvalue weighted by Gasteiger charge is -2.32. The molecule has 35 heavy (non-hydrogen) atoms.